The van der Waals surface area contributed by atoms with Crippen LogP contribution in [0.5, 0.6) is 5.75 Å². The van der Waals surface area contributed by atoms with Gasteiger partial charge in [0.25, 0.3) is 0 Å². The summed E-state index contributed by atoms with van der Waals surface area (Å²) in [5.41, 5.74) is 1.22. The number of rotatable bonds is 2. The van der Waals surface area contributed by atoms with Gasteiger partial charge in [-0.1, -0.05) is 37.5 Å². The molecule has 20 heavy (non-hydrogen) atoms. The van der Waals surface area contributed by atoms with E-state index in [2.05, 4.69) is 22.3 Å². The molecule has 4 rings (SSSR count). The fraction of sp³-hybridized carbons (Fsp3) is 0.500. The molecule has 4 heteroatoms. The lowest BCUT2D eigenvalue weighted by Gasteiger charge is -2.18. The topological polar surface area (TPSA) is 50.8 Å². The molecule has 1 N–H and O–H groups in total. The number of H-pyrrole nitrogens is 1. The summed E-state index contributed by atoms with van der Waals surface area (Å²) in [6.45, 7) is 0.665. The fourth-order valence-corrected chi connectivity index (χ4v) is 3.38. The second kappa shape index (κ2) is 4.93. The van der Waals surface area contributed by atoms with Gasteiger partial charge >= 0.3 is 0 Å². The Hall–Kier alpha value is -1.84. The summed E-state index contributed by atoms with van der Waals surface area (Å²) in [4.78, 5) is 4.77. The highest BCUT2D eigenvalue weighted by atomic mass is 16.5. The van der Waals surface area contributed by atoms with E-state index in [1.54, 1.807) is 0 Å². The van der Waals surface area contributed by atoms with Gasteiger partial charge in [0.05, 0.1) is 5.92 Å². The zero-order chi connectivity index (χ0) is 13.4. The van der Waals surface area contributed by atoms with Crippen LogP contribution in [-0.4, -0.2) is 21.8 Å². The Kier molecular flexibility index (Phi) is 2.94. The number of benzene rings is 1. The molecule has 1 aromatic heterocycles. The first-order chi connectivity index (χ1) is 9.92. The lowest BCUT2D eigenvalue weighted by molar-refractivity contribution is 0.340. The summed E-state index contributed by atoms with van der Waals surface area (Å²) in [6.07, 6.45) is 6.44. The molecule has 1 unspecified atom stereocenters. The first-order valence-corrected chi connectivity index (χ1v) is 7.56. The fourth-order valence-electron chi connectivity index (χ4n) is 3.38. The summed E-state index contributed by atoms with van der Waals surface area (Å²) in [5.74, 6) is 3.69. The molecule has 1 saturated carbocycles. The Morgan fingerprint density at radius 2 is 1.95 bits per heavy atom. The predicted molar refractivity (Wildman–Crippen MR) is 76.0 cm³/mol. The van der Waals surface area contributed by atoms with Crippen LogP contribution in [0.15, 0.2) is 24.3 Å². The lowest BCUT2D eigenvalue weighted by atomic mass is 9.89. The number of para-hydroxylation sites is 1. The molecule has 1 aliphatic heterocycles. The van der Waals surface area contributed by atoms with E-state index in [1.165, 1.54) is 37.7 Å². The van der Waals surface area contributed by atoms with Gasteiger partial charge in [-0.05, 0) is 18.9 Å². The third-order valence-corrected chi connectivity index (χ3v) is 4.52. The number of nitrogens with one attached hydrogen (secondary N) is 1. The van der Waals surface area contributed by atoms with Gasteiger partial charge in [-0.2, -0.15) is 5.10 Å². The summed E-state index contributed by atoms with van der Waals surface area (Å²) in [7, 11) is 0. The van der Waals surface area contributed by atoms with Crippen molar-refractivity contribution < 1.29 is 4.74 Å². The molecular formula is C16H19N3O. The second-order valence-electron chi connectivity index (χ2n) is 5.82. The van der Waals surface area contributed by atoms with E-state index in [9.17, 15) is 0 Å². The molecular weight excluding hydrogens is 250 g/mol. The van der Waals surface area contributed by atoms with Crippen LogP contribution in [0.4, 0.5) is 0 Å². The van der Waals surface area contributed by atoms with Crippen LogP contribution in [0.3, 0.4) is 0 Å². The Bertz CT molecular complexity index is 601. The quantitative estimate of drug-likeness (QED) is 0.909. The number of hydrogen-bond donors (Lipinski definition) is 1. The van der Waals surface area contributed by atoms with Crippen LogP contribution in [0, 0.1) is 0 Å². The Labute approximate surface area is 118 Å². The van der Waals surface area contributed by atoms with Crippen LogP contribution >= 0.6 is 0 Å². The first kappa shape index (κ1) is 11.9. The minimum atomic E-state index is 0.205. The molecule has 1 atom stereocenters. The highest BCUT2D eigenvalue weighted by molar-refractivity contribution is 5.42. The Balaban J connectivity index is 1.59. The molecule has 0 spiro atoms. The SMILES string of the molecule is c1ccc2c(c1)OCC2c1nc(C2CCCCC2)n[nH]1. The summed E-state index contributed by atoms with van der Waals surface area (Å²) >= 11 is 0. The number of aromatic nitrogens is 3. The average molecular weight is 269 g/mol. The van der Waals surface area contributed by atoms with Crippen molar-refractivity contribution in [3.05, 3.63) is 41.5 Å². The van der Waals surface area contributed by atoms with Gasteiger partial charge in [-0.25, -0.2) is 4.98 Å². The average Bonchev–Trinajstić information content (AvgIpc) is 3.14. The molecule has 1 fully saturated rings. The molecule has 4 nitrogen and oxygen atoms in total. The van der Waals surface area contributed by atoms with Crippen LogP contribution in [-0.2, 0) is 0 Å². The molecule has 2 aromatic rings. The number of nitrogens with zero attached hydrogens (tertiary/aromatic N) is 2. The van der Waals surface area contributed by atoms with Crippen molar-refractivity contribution in [2.75, 3.05) is 6.61 Å². The van der Waals surface area contributed by atoms with E-state index in [0.717, 1.165) is 17.4 Å². The molecule has 1 aliphatic carbocycles. The molecule has 0 saturated heterocycles. The zero-order valence-electron chi connectivity index (χ0n) is 11.5. The van der Waals surface area contributed by atoms with Crippen LogP contribution in [0.1, 0.15) is 61.2 Å². The lowest BCUT2D eigenvalue weighted by Crippen LogP contribution is -2.07. The maximum absolute atomic E-state index is 5.73. The van der Waals surface area contributed by atoms with Crippen molar-refractivity contribution in [2.24, 2.45) is 0 Å². The van der Waals surface area contributed by atoms with Crippen molar-refractivity contribution in [1.29, 1.82) is 0 Å². The molecule has 2 aliphatic rings. The Morgan fingerprint density at radius 3 is 2.85 bits per heavy atom. The van der Waals surface area contributed by atoms with Crippen LogP contribution in [0.25, 0.3) is 0 Å². The van der Waals surface area contributed by atoms with Crippen molar-refractivity contribution in [3.63, 3.8) is 0 Å². The summed E-state index contributed by atoms with van der Waals surface area (Å²) in [6, 6.07) is 8.21. The summed E-state index contributed by atoms with van der Waals surface area (Å²) < 4.78 is 5.73. The van der Waals surface area contributed by atoms with Gasteiger partial charge in [-0.3, -0.25) is 5.10 Å². The van der Waals surface area contributed by atoms with Crippen LogP contribution in [0.2, 0.25) is 0 Å². The first-order valence-electron chi connectivity index (χ1n) is 7.56. The zero-order valence-corrected chi connectivity index (χ0v) is 11.5. The van der Waals surface area contributed by atoms with Gasteiger partial charge in [0.1, 0.15) is 18.2 Å². The van der Waals surface area contributed by atoms with E-state index in [4.69, 9.17) is 9.72 Å². The number of ether oxygens (including phenoxy) is 1. The van der Waals surface area contributed by atoms with Gasteiger partial charge in [-0.15, -0.1) is 0 Å². The molecule has 0 bridgehead atoms. The molecule has 104 valence electrons. The third kappa shape index (κ3) is 1.99. The molecule has 1 aromatic carbocycles. The van der Waals surface area contributed by atoms with E-state index in [0.29, 0.717) is 12.5 Å². The van der Waals surface area contributed by atoms with E-state index >= 15 is 0 Å². The smallest absolute Gasteiger partial charge is 0.153 e. The van der Waals surface area contributed by atoms with Crippen molar-refractivity contribution in [2.45, 2.75) is 43.9 Å². The minimum Gasteiger partial charge on any atom is -0.492 e. The number of fused-ring (bicyclic) bond motifs is 1. The van der Waals surface area contributed by atoms with Crippen LogP contribution < -0.4 is 4.74 Å². The van der Waals surface area contributed by atoms with Crippen molar-refractivity contribution in [3.8, 4) is 5.75 Å². The van der Waals surface area contributed by atoms with Gasteiger partial charge in [0, 0.05) is 11.5 Å². The summed E-state index contributed by atoms with van der Waals surface area (Å²) in [5, 5.41) is 7.61. The number of hydrogen-bond acceptors (Lipinski definition) is 3. The maximum atomic E-state index is 5.73. The van der Waals surface area contributed by atoms with Gasteiger partial charge < -0.3 is 4.74 Å². The van der Waals surface area contributed by atoms with Gasteiger partial charge in [0.15, 0.2) is 5.82 Å². The second-order valence-corrected chi connectivity index (χ2v) is 5.82. The minimum absolute atomic E-state index is 0.205. The molecule has 2 heterocycles. The standard InChI is InChI=1S/C16H19N3O/c1-2-6-11(7-3-1)15-17-16(19-18-15)13-10-20-14-9-5-4-8-12(13)14/h4-5,8-9,11,13H,1-3,6-7,10H2,(H,17,18,19). The normalized spacial score (nSPS) is 22.5. The third-order valence-electron chi connectivity index (χ3n) is 4.52. The highest BCUT2D eigenvalue weighted by Crippen LogP contribution is 2.37. The monoisotopic (exact) mass is 269 g/mol. The molecule has 0 radical (unpaired) electrons. The van der Waals surface area contributed by atoms with Gasteiger partial charge in [0.2, 0.25) is 0 Å². The maximum Gasteiger partial charge on any atom is 0.153 e. The Morgan fingerprint density at radius 1 is 1.10 bits per heavy atom. The van der Waals surface area contributed by atoms with E-state index in [-0.39, 0.29) is 5.92 Å². The van der Waals surface area contributed by atoms with Crippen molar-refractivity contribution in [1.82, 2.24) is 15.2 Å². The highest BCUT2D eigenvalue weighted by Gasteiger charge is 2.29. The van der Waals surface area contributed by atoms with Crippen molar-refractivity contribution >= 4 is 0 Å². The van der Waals surface area contributed by atoms with E-state index < -0.39 is 0 Å². The molecule has 0 amide bonds. The largest absolute Gasteiger partial charge is 0.492 e. The van der Waals surface area contributed by atoms with E-state index in [1.807, 2.05) is 12.1 Å². The number of aromatic amines is 1. The predicted octanol–water partition coefficient (Wildman–Crippen LogP) is 3.38.